The van der Waals surface area contributed by atoms with Crippen molar-refractivity contribution in [1.82, 2.24) is 4.98 Å². The van der Waals surface area contributed by atoms with Gasteiger partial charge < -0.3 is 4.98 Å². The van der Waals surface area contributed by atoms with E-state index in [2.05, 4.69) is 53.5 Å². The van der Waals surface area contributed by atoms with E-state index in [1.807, 2.05) is 18.2 Å². The molecule has 104 valence electrons. The first kappa shape index (κ1) is 13.4. The van der Waals surface area contributed by atoms with Gasteiger partial charge in [-0.2, -0.15) is 0 Å². The van der Waals surface area contributed by atoms with E-state index in [4.69, 9.17) is 0 Å². The highest BCUT2D eigenvalue weighted by atomic mass is 16.1. The van der Waals surface area contributed by atoms with Crippen molar-refractivity contribution in [1.29, 1.82) is 0 Å². The van der Waals surface area contributed by atoms with Crippen LogP contribution in [0.3, 0.4) is 0 Å². The number of aromatic amines is 1. The number of H-pyrrole nitrogens is 1. The Morgan fingerprint density at radius 1 is 0.667 bits per heavy atom. The second kappa shape index (κ2) is 6.23. The maximum atomic E-state index is 11.7. The summed E-state index contributed by atoms with van der Waals surface area (Å²) in [5, 5.41) is 0. The third kappa shape index (κ3) is 3.48. The second-order valence-electron chi connectivity index (χ2n) is 5.18. The smallest absolute Gasteiger partial charge is 0.251 e. The van der Waals surface area contributed by atoms with E-state index in [9.17, 15) is 4.79 Å². The van der Waals surface area contributed by atoms with Crippen LogP contribution in [0.5, 0.6) is 0 Å². The van der Waals surface area contributed by atoms with Crippen LogP contribution in [0.2, 0.25) is 0 Å². The van der Waals surface area contributed by atoms with Crippen LogP contribution in [0, 0.1) is 0 Å². The maximum Gasteiger partial charge on any atom is 0.251 e. The normalized spacial score (nSPS) is 10.5. The van der Waals surface area contributed by atoms with Crippen LogP contribution in [-0.2, 0) is 12.8 Å². The van der Waals surface area contributed by atoms with Crippen molar-refractivity contribution >= 4 is 0 Å². The minimum absolute atomic E-state index is 0.00846. The van der Waals surface area contributed by atoms with Crippen molar-refractivity contribution in [2.45, 2.75) is 12.8 Å². The highest BCUT2D eigenvalue weighted by molar-refractivity contribution is 5.31. The number of pyridine rings is 1. The molecule has 1 N–H and O–H groups in total. The molecule has 0 saturated heterocycles. The number of benzene rings is 2. The fourth-order valence-corrected chi connectivity index (χ4v) is 2.42. The first-order valence-corrected chi connectivity index (χ1v) is 7.09. The molecule has 0 saturated carbocycles. The number of rotatable bonds is 4. The van der Waals surface area contributed by atoms with Gasteiger partial charge in [0.2, 0.25) is 0 Å². The van der Waals surface area contributed by atoms with Crippen LogP contribution in [0.1, 0.15) is 22.3 Å². The van der Waals surface area contributed by atoms with Crippen molar-refractivity contribution in [3.8, 4) is 0 Å². The zero-order chi connectivity index (χ0) is 14.5. The zero-order valence-electron chi connectivity index (χ0n) is 11.8. The van der Waals surface area contributed by atoms with Crippen LogP contribution >= 0.6 is 0 Å². The number of aromatic nitrogens is 1. The summed E-state index contributed by atoms with van der Waals surface area (Å²) in [6.45, 7) is 0. The lowest BCUT2D eigenvalue weighted by Crippen LogP contribution is -2.11. The Morgan fingerprint density at radius 2 is 1.29 bits per heavy atom. The summed E-state index contributed by atoms with van der Waals surface area (Å²) in [4.78, 5) is 14.4. The molecule has 21 heavy (non-hydrogen) atoms. The van der Waals surface area contributed by atoms with Gasteiger partial charge in [0.15, 0.2) is 0 Å². The largest absolute Gasteiger partial charge is 0.329 e. The summed E-state index contributed by atoms with van der Waals surface area (Å²) in [6.07, 6.45) is 3.27. The van der Waals surface area contributed by atoms with Crippen molar-refractivity contribution in [3.05, 3.63) is 106 Å². The zero-order valence-corrected chi connectivity index (χ0v) is 11.8. The van der Waals surface area contributed by atoms with E-state index in [1.165, 1.54) is 11.1 Å². The number of nitrogens with one attached hydrogen (secondary N) is 1. The van der Waals surface area contributed by atoms with E-state index in [0.717, 1.165) is 17.5 Å². The molecule has 0 atom stereocenters. The molecule has 2 aromatic carbocycles. The van der Waals surface area contributed by atoms with Gasteiger partial charge in [0.25, 0.3) is 5.56 Å². The van der Waals surface area contributed by atoms with Crippen LogP contribution < -0.4 is 5.56 Å². The maximum absolute atomic E-state index is 11.7. The molecular weight excluding hydrogens is 258 g/mol. The molecule has 0 unspecified atom stereocenters. The molecule has 1 aromatic heterocycles. The summed E-state index contributed by atoms with van der Waals surface area (Å²) in [6, 6.07) is 22.6. The Hall–Kier alpha value is -2.61. The molecule has 0 bridgehead atoms. The SMILES string of the molecule is O=c1[nH]cccc1Cc1ccc(Cc2ccccc2)cc1. The van der Waals surface area contributed by atoms with Crippen LogP contribution in [0.25, 0.3) is 0 Å². The standard InChI is InChI=1S/C19H17NO/c21-19-18(7-4-12-20-19)14-17-10-8-16(9-11-17)13-15-5-2-1-3-6-15/h1-12H,13-14H2,(H,20,21). The van der Waals surface area contributed by atoms with Crippen molar-refractivity contribution in [2.75, 3.05) is 0 Å². The molecule has 0 aliphatic carbocycles. The average molecular weight is 275 g/mol. The fourth-order valence-electron chi connectivity index (χ4n) is 2.42. The predicted molar refractivity (Wildman–Crippen MR) is 85.6 cm³/mol. The lowest BCUT2D eigenvalue weighted by Gasteiger charge is -2.05. The van der Waals surface area contributed by atoms with Crippen LogP contribution in [0.4, 0.5) is 0 Å². The van der Waals surface area contributed by atoms with Gasteiger partial charge in [-0.15, -0.1) is 0 Å². The molecule has 3 aromatic rings. The second-order valence-corrected chi connectivity index (χ2v) is 5.18. The van der Waals surface area contributed by atoms with Gasteiger partial charge in [0, 0.05) is 18.2 Å². The number of hydrogen-bond acceptors (Lipinski definition) is 1. The molecule has 0 amide bonds. The van der Waals surface area contributed by atoms with E-state index in [0.29, 0.717) is 6.42 Å². The Kier molecular flexibility index (Phi) is 3.97. The summed E-state index contributed by atoms with van der Waals surface area (Å²) in [5.41, 5.74) is 4.54. The first-order chi connectivity index (χ1) is 10.3. The van der Waals surface area contributed by atoms with Crippen LogP contribution in [-0.4, -0.2) is 4.98 Å². The molecule has 2 nitrogen and oxygen atoms in total. The minimum Gasteiger partial charge on any atom is -0.329 e. The van der Waals surface area contributed by atoms with Gasteiger partial charge in [-0.05, 0) is 29.2 Å². The highest BCUT2D eigenvalue weighted by Gasteiger charge is 2.01. The van der Waals surface area contributed by atoms with Crippen LogP contribution in [0.15, 0.2) is 77.7 Å². The molecule has 3 rings (SSSR count). The van der Waals surface area contributed by atoms with Crippen molar-refractivity contribution in [2.24, 2.45) is 0 Å². The molecule has 0 fully saturated rings. The monoisotopic (exact) mass is 275 g/mol. The quantitative estimate of drug-likeness (QED) is 0.776. The molecule has 2 heteroatoms. The van der Waals surface area contributed by atoms with E-state index < -0.39 is 0 Å². The van der Waals surface area contributed by atoms with Gasteiger partial charge >= 0.3 is 0 Å². The molecule has 0 aliphatic heterocycles. The van der Waals surface area contributed by atoms with Gasteiger partial charge in [0.05, 0.1) is 0 Å². The van der Waals surface area contributed by atoms with E-state index in [1.54, 1.807) is 6.20 Å². The predicted octanol–water partition coefficient (Wildman–Crippen LogP) is 3.56. The molecule has 0 radical (unpaired) electrons. The van der Waals surface area contributed by atoms with E-state index in [-0.39, 0.29) is 5.56 Å². The molecule has 1 heterocycles. The van der Waals surface area contributed by atoms with Gasteiger partial charge in [0.1, 0.15) is 0 Å². The summed E-state index contributed by atoms with van der Waals surface area (Å²) < 4.78 is 0. The Morgan fingerprint density at radius 3 is 1.95 bits per heavy atom. The average Bonchev–Trinajstić information content (AvgIpc) is 2.52. The Bertz CT molecular complexity index is 757. The molecule has 0 spiro atoms. The summed E-state index contributed by atoms with van der Waals surface area (Å²) in [7, 11) is 0. The summed E-state index contributed by atoms with van der Waals surface area (Å²) >= 11 is 0. The van der Waals surface area contributed by atoms with Crippen molar-refractivity contribution < 1.29 is 0 Å². The lowest BCUT2D eigenvalue weighted by molar-refractivity contribution is 1.09. The molecular formula is C19H17NO. The third-order valence-electron chi connectivity index (χ3n) is 3.57. The third-order valence-corrected chi connectivity index (χ3v) is 3.57. The fraction of sp³-hybridized carbons (Fsp3) is 0.105. The van der Waals surface area contributed by atoms with E-state index >= 15 is 0 Å². The van der Waals surface area contributed by atoms with Crippen molar-refractivity contribution in [3.63, 3.8) is 0 Å². The lowest BCUT2D eigenvalue weighted by atomic mass is 10.0. The minimum atomic E-state index is -0.00846. The molecule has 0 aliphatic rings. The Labute approximate surface area is 124 Å². The highest BCUT2D eigenvalue weighted by Crippen LogP contribution is 2.12. The van der Waals surface area contributed by atoms with Gasteiger partial charge in [-0.1, -0.05) is 60.7 Å². The van der Waals surface area contributed by atoms with Gasteiger partial charge in [-0.3, -0.25) is 4.79 Å². The number of hydrogen-bond donors (Lipinski definition) is 1. The first-order valence-electron chi connectivity index (χ1n) is 7.09. The topological polar surface area (TPSA) is 32.9 Å². The van der Waals surface area contributed by atoms with Gasteiger partial charge in [-0.25, -0.2) is 0 Å². The Balaban J connectivity index is 1.73. The summed E-state index contributed by atoms with van der Waals surface area (Å²) in [5.74, 6) is 0.